The number of methoxy groups -OCH3 is 1. The highest BCUT2D eigenvalue weighted by Crippen LogP contribution is 2.39. The zero-order valence-corrected chi connectivity index (χ0v) is 8.45. The maximum atomic E-state index is 11.1. The van der Waals surface area contributed by atoms with E-state index in [4.69, 9.17) is 4.74 Å². The number of rotatable bonds is 3. The summed E-state index contributed by atoms with van der Waals surface area (Å²) in [7, 11) is 1.29. The van der Waals surface area contributed by atoms with Gasteiger partial charge in [-0.3, -0.25) is 10.1 Å². The lowest BCUT2D eigenvalue weighted by molar-refractivity contribution is -0.384. The highest BCUT2D eigenvalue weighted by Gasteiger charge is 2.47. The van der Waals surface area contributed by atoms with Crippen LogP contribution in [0.4, 0.5) is 5.69 Å². The van der Waals surface area contributed by atoms with Gasteiger partial charge in [-0.25, -0.2) is 4.79 Å². The Bertz CT molecular complexity index is 427. The average molecular weight is 223 g/mol. The largest absolute Gasteiger partial charge is 0.467 e. The van der Waals surface area contributed by atoms with Crippen LogP contribution in [0.15, 0.2) is 24.3 Å². The molecule has 0 aromatic heterocycles. The van der Waals surface area contributed by atoms with E-state index < -0.39 is 17.0 Å². The van der Waals surface area contributed by atoms with Crippen LogP contribution in [0.3, 0.4) is 0 Å². The molecular formula is C10H9NO5. The molecule has 0 aliphatic carbocycles. The summed E-state index contributed by atoms with van der Waals surface area (Å²) in [5.41, 5.74) is 0.750. The number of non-ortho nitro benzene ring substituents is 1. The van der Waals surface area contributed by atoms with E-state index in [9.17, 15) is 14.9 Å². The summed E-state index contributed by atoms with van der Waals surface area (Å²) in [6, 6.07) is 5.91. The van der Waals surface area contributed by atoms with Crippen LogP contribution in [0, 0.1) is 10.1 Å². The lowest BCUT2D eigenvalue weighted by Gasteiger charge is -1.95. The Balaban J connectivity index is 2.07. The van der Waals surface area contributed by atoms with Gasteiger partial charge in [0.25, 0.3) is 5.69 Å². The van der Waals surface area contributed by atoms with Gasteiger partial charge in [0, 0.05) is 12.1 Å². The number of nitro benzene ring substituents is 1. The molecule has 0 saturated carbocycles. The second-order valence-electron chi connectivity index (χ2n) is 3.35. The zero-order valence-electron chi connectivity index (χ0n) is 8.45. The minimum atomic E-state index is -0.577. The van der Waals surface area contributed by atoms with Gasteiger partial charge in [-0.05, 0) is 17.7 Å². The Hall–Kier alpha value is -1.95. The lowest BCUT2D eigenvalue weighted by atomic mass is 10.1. The molecule has 1 aromatic rings. The van der Waals surface area contributed by atoms with Gasteiger partial charge in [-0.2, -0.15) is 0 Å². The van der Waals surface area contributed by atoms with Crippen molar-refractivity contribution in [1.82, 2.24) is 0 Å². The zero-order chi connectivity index (χ0) is 11.7. The van der Waals surface area contributed by atoms with Crippen molar-refractivity contribution in [2.24, 2.45) is 0 Å². The first-order valence-electron chi connectivity index (χ1n) is 4.61. The summed E-state index contributed by atoms with van der Waals surface area (Å²) in [5, 5.41) is 10.4. The Morgan fingerprint density at radius 2 is 2.06 bits per heavy atom. The summed E-state index contributed by atoms with van der Waals surface area (Å²) in [6.07, 6.45) is -0.917. The predicted octanol–water partition coefficient (Wildman–Crippen LogP) is 1.21. The van der Waals surface area contributed by atoms with E-state index in [-0.39, 0.29) is 11.8 Å². The van der Waals surface area contributed by atoms with Crippen LogP contribution >= 0.6 is 0 Å². The van der Waals surface area contributed by atoms with Gasteiger partial charge in [0.2, 0.25) is 0 Å². The van der Waals surface area contributed by atoms with Crippen molar-refractivity contribution < 1.29 is 19.2 Å². The fourth-order valence-electron chi connectivity index (χ4n) is 1.45. The third kappa shape index (κ3) is 1.87. The van der Waals surface area contributed by atoms with E-state index in [1.807, 2.05) is 0 Å². The van der Waals surface area contributed by atoms with Crippen molar-refractivity contribution in [2.45, 2.75) is 12.2 Å². The predicted molar refractivity (Wildman–Crippen MR) is 52.7 cm³/mol. The van der Waals surface area contributed by atoms with E-state index in [2.05, 4.69) is 4.74 Å². The fourth-order valence-corrected chi connectivity index (χ4v) is 1.45. The van der Waals surface area contributed by atoms with Crippen LogP contribution in [0.5, 0.6) is 0 Å². The molecule has 2 atom stereocenters. The number of benzene rings is 1. The number of epoxide rings is 1. The normalized spacial score (nSPS) is 22.6. The van der Waals surface area contributed by atoms with Crippen LogP contribution in [0.2, 0.25) is 0 Å². The van der Waals surface area contributed by atoms with Gasteiger partial charge in [0.15, 0.2) is 6.10 Å². The standard InChI is InChI=1S/C10H9NO5/c1-15-10(12)9-8(16-9)6-2-4-7(5-3-6)11(13)14/h2-5,8-9H,1H3/t8-,9+/m0/s1. The number of nitro groups is 1. The molecule has 0 N–H and O–H groups in total. The van der Waals surface area contributed by atoms with E-state index in [1.165, 1.54) is 19.2 Å². The van der Waals surface area contributed by atoms with Crippen LogP contribution in [-0.4, -0.2) is 24.1 Å². The van der Waals surface area contributed by atoms with Crippen molar-refractivity contribution in [3.8, 4) is 0 Å². The molecule has 1 fully saturated rings. The summed E-state index contributed by atoms with van der Waals surface area (Å²) < 4.78 is 9.63. The SMILES string of the molecule is COC(=O)[C@@H]1O[C@H]1c1ccc([N+](=O)[O-])cc1. The first kappa shape index (κ1) is 10.6. The lowest BCUT2D eigenvalue weighted by Crippen LogP contribution is -2.09. The quantitative estimate of drug-likeness (QED) is 0.333. The summed E-state index contributed by atoms with van der Waals surface area (Å²) >= 11 is 0. The molecule has 1 aliphatic rings. The van der Waals surface area contributed by atoms with Crippen molar-refractivity contribution in [3.05, 3.63) is 39.9 Å². The van der Waals surface area contributed by atoms with E-state index in [0.717, 1.165) is 5.56 Å². The maximum Gasteiger partial charge on any atom is 0.338 e. The molecule has 0 spiro atoms. The van der Waals surface area contributed by atoms with Gasteiger partial charge < -0.3 is 9.47 Å². The Labute approximate surface area is 90.9 Å². The van der Waals surface area contributed by atoms with Gasteiger partial charge in [-0.1, -0.05) is 0 Å². The molecule has 0 amide bonds. The fraction of sp³-hybridized carbons (Fsp3) is 0.300. The third-order valence-electron chi connectivity index (χ3n) is 2.36. The third-order valence-corrected chi connectivity index (χ3v) is 2.36. The number of ether oxygens (including phenoxy) is 2. The van der Waals surface area contributed by atoms with E-state index >= 15 is 0 Å². The molecule has 1 aromatic carbocycles. The molecule has 6 nitrogen and oxygen atoms in total. The molecule has 2 rings (SSSR count). The minimum absolute atomic E-state index is 0.0130. The van der Waals surface area contributed by atoms with Crippen LogP contribution in [0.1, 0.15) is 11.7 Å². The summed E-state index contributed by atoms with van der Waals surface area (Å²) in [4.78, 5) is 21.0. The Kier molecular flexibility index (Phi) is 2.57. The van der Waals surface area contributed by atoms with Gasteiger partial charge in [0.05, 0.1) is 12.0 Å². The summed E-state index contributed by atoms with van der Waals surface area (Å²) in [6.45, 7) is 0. The highest BCUT2D eigenvalue weighted by atomic mass is 16.6. The number of nitrogens with zero attached hydrogens (tertiary/aromatic N) is 1. The molecule has 1 saturated heterocycles. The van der Waals surface area contributed by atoms with Crippen molar-refractivity contribution in [2.75, 3.05) is 7.11 Å². The second kappa shape index (κ2) is 3.90. The van der Waals surface area contributed by atoms with Crippen LogP contribution < -0.4 is 0 Å². The Morgan fingerprint density at radius 3 is 2.56 bits per heavy atom. The van der Waals surface area contributed by atoms with Crippen molar-refractivity contribution >= 4 is 11.7 Å². The molecule has 0 unspecified atom stereocenters. The monoisotopic (exact) mass is 223 g/mol. The average Bonchev–Trinajstić information content (AvgIpc) is 3.08. The summed E-state index contributed by atoms with van der Waals surface area (Å²) in [5.74, 6) is -0.427. The molecule has 1 heterocycles. The molecule has 0 bridgehead atoms. The van der Waals surface area contributed by atoms with Crippen LogP contribution in [-0.2, 0) is 14.3 Å². The number of esters is 1. The molecule has 84 valence electrons. The smallest absolute Gasteiger partial charge is 0.338 e. The molecular weight excluding hydrogens is 214 g/mol. The Morgan fingerprint density at radius 1 is 1.44 bits per heavy atom. The maximum absolute atomic E-state index is 11.1. The van der Waals surface area contributed by atoms with Crippen molar-refractivity contribution in [3.63, 3.8) is 0 Å². The van der Waals surface area contributed by atoms with Gasteiger partial charge in [-0.15, -0.1) is 0 Å². The number of carbonyl (C=O) groups is 1. The van der Waals surface area contributed by atoms with E-state index in [0.29, 0.717) is 0 Å². The topological polar surface area (TPSA) is 82.0 Å². The first-order chi connectivity index (χ1) is 7.63. The number of carbonyl (C=O) groups excluding carboxylic acids is 1. The minimum Gasteiger partial charge on any atom is -0.467 e. The van der Waals surface area contributed by atoms with E-state index in [1.54, 1.807) is 12.1 Å². The van der Waals surface area contributed by atoms with Gasteiger partial charge in [0.1, 0.15) is 6.10 Å². The number of hydrogen-bond acceptors (Lipinski definition) is 5. The second-order valence-corrected chi connectivity index (χ2v) is 3.35. The van der Waals surface area contributed by atoms with Crippen LogP contribution in [0.25, 0.3) is 0 Å². The molecule has 0 radical (unpaired) electrons. The van der Waals surface area contributed by atoms with Gasteiger partial charge >= 0.3 is 5.97 Å². The first-order valence-corrected chi connectivity index (χ1v) is 4.61. The number of hydrogen-bond donors (Lipinski definition) is 0. The molecule has 16 heavy (non-hydrogen) atoms. The molecule has 1 aliphatic heterocycles. The molecule has 6 heteroatoms. The van der Waals surface area contributed by atoms with Crippen molar-refractivity contribution in [1.29, 1.82) is 0 Å². The highest BCUT2D eigenvalue weighted by molar-refractivity contribution is 5.78.